The van der Waals surface area contributed by atoms with Crippen molar-refractivity contribution in [3.63, 3.8) is 0 Å². The van der Waals surface area contributed by atoms with E-state index >= 15 is 0 Å². The molecule has 4 saturated carbocycles. The second-order valence-electron chi connectivity index (χ2n) is 15.0. The minimum atomic E-state index is -0.879. The van der Waals surface area contributed by atoms with Gasteiger partial charge in [-0.15, -0.1) is 12.4 Å². The van der Waals surface area contributed by atoms with Crippen LogP contribution in [0.15, 0.2) is 54.6 Å². The van der Waals surface area contributed by atoms with Gasteiger partial charge in [-0.05, 0) is 106 Å². The van der Waals surface area contributed by atoms with E-state index in [9.17, 15) is 29.1 Å². The van der Waals surface area contributed by atoms with Crippen molar-refractivity contribution in [3.05, 3.63) is 65.7 Å². The highest BCUT2D eigenvalue weighted by Crippen LogP contribution is 2.62. The summed E-state index contributed by atoms with van der Waals surface area (Å²) in [6, 6.07) is 13.7. The molecule has 2 aromatic rings. The summed E-state index contributed by atoms with van der Waals surface area (Å²) in [5, 5.41) is 21.5. The Bertz CT molecular complexity index is 1580. The minimum Gasteiger partial charge on any atom is -0.508 e. The molecular weight excluding hydrogens is 718 g/mol. The quantitative estimate of drug-likeness (QED) is 0.152. The smallest absolute Gasteiger partial charge is 0.311 e. The lowest BCUT2D eigenvalue weighted by Gasteiger charge is -2.61. The van der Waals surface area contributed by atoms with Gasteiger partial charge in [0.15, 0.2) is 0 Å². The van der Waals surface area contributed by atoms with Gasteiger partial charge in [-0.3, -0.25) is 24.0 Å². The van der Waals surface area contributed by atoms with Crippen LogP contribution in [0.4, 0.5) is 0 Å². The zero-order valence-corrected chi connectivity index (χ0v) is 32.7. The zero-order valence-electron chi connectivity index (χ0n) is 31.0. The van der Waals surface area contributed by atoms with Gasteiger partial charge in [-0.25, -0.2) is 0 Å². The number of nitrogens with one attached hydrogen (secondary N) is 4. The summed E-state index contributed by atoms with van der Waals surface area (Å²) in [4.78, 5) is 69.2. The van der Waals surface area contributed by atoms with Crippen molar-refractivity contribution in [2.24, 2.45) is 17.3 Å². The number of carbonyl (C=O) groups is 5. The van der Waals surface area contributed by atoms with Crippen molar-refractivity contribution < 1.29 is 33.8 Å². The van der Waals surface area contributed by atoms with Crippen LogP contribution in [-0.2, 0) is 41.6 Å². The van der Waals surface area contributed by atoms with E-state index in [1.54, 1.807) is 38.4 Å². The predicted octanol–water partition coefficient (Wildman–Crippen LogP) is 3.00. The molecular formula is C39H54ClN5O7S. The standard InChI is InChI=1S/C39H53N5O7S.ClH/c1-40-31(17-26-10-12-29(45)13-11-26)35(48)42-30(14-15-52-4)34(47)41-23-33(46)44(2)32(18-25-8-6-5-7-9-25)36(49)43-39-21-27-16-28(22-39)20-38(19-27,24-39)37(50)51-3;/h5-13,27-28,30-32,40,45H,14-24H2,1-4H3,(H,41,47)(H,42,48)(H,43,49);1H/t27?,28?,30-,31+,32+,38?,39?;/m1./s1. The Labute approximate surface area is 322 Å². The summed E-state index contributed by atoms with van der Waals surface area (Å²) < 4.78 is 5.26. The fraction of sp³-hybridized carbons (Fsp3) is 0.564. The molecule has 4 amide bonds. The van der Waals surface area contributed by atoms with Gasteiger partial charge in [0.05, 0.1) is 25.1 Å². The number of esters is 1. The van der Waals surface area contributed by atoms with Gasteiger partial charge in [0, 0.05) is 19.0 Å². The number of carbonyl (C=O) groups excluding carboxylic acids is 5. The summed E-state index contributed by atoms with van der Waals surface area (Å²) in [7, 11) is 4.67. The van der Waals surface area contributed by atoms with Gasteiger partial charge in [0.25, 0.3) is 0 Å². The van der Waals surface area contributed by atoms with Crippen LogP contribution in [0.5, 0.6) is 5.75 Å². The van der Waals surface area contributed by atoms with Gasteiger partial charge in [0.2, 0.25) is 23.6 Å². The van der Waals surface area contributed by atoms with Crippen molar-refractivity contribution in [3.8, 4) is 5.75 Å². The van der Waals surface area contributed by atoms with Crippen LogP contribution in [0.2, 0.25) is 0 Å². The third-order valence-electron chi connectivity index (χ3n) is 11.2. The Morgan fingerprint density at radius 2 is 1.55 bits per heavy atom. The normalized spacial score (nSPS) is 24.2. The van der Waals surface area contributed by atoms with Crippen LogP contribution in [0, 0.1) is 17.3 Å². The topological polar surface area (TPSA) is 166 Å². The molecule has 0 radical (unpaired) electrons. The molecule has 0 spiro atoms. The number of aromatic hydroxyl groups is 1. The van der Waals surface area contributed by atoms with E-state index in [4.69, 9.17) is 4.74 Å². The number of thioether (sulfide) groups is 1. The van der Waals surface area contributed by atoms with Gasteiger partial charge >= 0.3 is 5.97 Å². The molecule has 4 aliphatic rings. The first kappa shape index (κ1) is 41.9. The highest BCUT2D eigenvalue weighted by molar-refractivity contribution is 7.98. The van der Waals surface area contributed by atoms with E-state index in [1.165, 1.54) is 23.8 Å². The van der Waals surface area contributed by atoms with Crippen molar-refractivity contribution in [2.45, 2.75) is 81.5 Å². The molecule has 290 valence electrons. The number of likely N-dealkylation sites (N-methyl/N-ethyl adjacent to an activating group) is 2. The Kier molecular flexibility index (Phi) is 14.6. The lowest BCUT2D eigenvalue weighted by molar-refractivity contribution is -0.173. The molecule has 12 nitrogen and oxygen atoms in total. The van der Waals surface area contributed by atoms with Gasteiger partial charge in [-0.1, -0.05) is 42.5 Å². The first-order chi connectivity index (χ1) is 24.9. The number of amides is 4. The maximum absolute atomic E-state index is 14.3. The number of rotatable bonds is 17. The molecule has 4 aliphatic carbocycles. The van der Waals surface area contributed by atoms with Crippen LogP contribution >= 0.6 is 24.2 Å². The number of ether oxygens (including phenoxy) is 1. The fourth-order valence-corrected chi connectivity index (χ4v) is 9.48. The molecule has 2 unspecified atom stereocenters. The SMILES string of the molecule is CN[C@@H](Cc1ccc(O)cc1)C(=O)N[C@H](CCSC)C(=O)NCC(=O)N(C)[C@@H](Cc1ccccc1)C(=O)NC12CC3CC(C1)CC(C(=O)OC)(C3)C2.Cl. The molecule has 4 bridgehead atoms. The Morgan fingerprint density at radius 1 is 0.906 bits per heavy atom. The Morgan fingerprint density at radius 3 is 2.15 bits per heavy atom. The second-order valence-corrected chi connectivity index (χ2v) is 16.0. The van der Waals surface area contributed by atoms with Crippen LogP contribution in [0.3, 0.4) is 0 Å². The third-order valence-corrected chi connectivity index (χ3v) is 11.8. The molecule has 6 rings (SSSR count). The average molecular weight is 772 g/mol. The number of hydrogen-bond acceptors (Lipinski definition) is 9. The van der Waals surface area contributed by atoms with Crippen LogP contribution in [0.25, 0.3) is 0 Å². The van der Waals surface area contributed by atoms with Crippen molar-refractivity contribution in [1.82, 2.24) is 26.2 Å². The first-order valence-electron chi connectivity index (χ1n) is 18.1. The number of halogens is 1. The van der Waals surface area contributed by atoms with Crippen molar-refractivity contribution in [1.29, 1.82) is 0 Å². The van der Waals surface area contributed by atoms with Gasteiger partial charge < -0.3 is 36.0 Å². The van der Waals surface area contributed by atoms with Crippen LogP contribution in [-0.4, -0.2) is 103 Å². The number of benzene rings is 2. The van der Waals surface area contributed by atoms with E-state index < -0.39 is 40.9 Å². The molecule has 0 saturated heterocycles. The van der Waals surface area contributed by atoms with Crippen molar-refractivity contribution >= 4 is 53.8 Å². The molecule has 14 heteroatoms. The summed E-state index contributed by atoms with van der Waals surface area (Å²) >= 11 is 1.54. The first-order valence-corrected chi connectivity index (χ1v) is 19.5. The van der Waals surface area contributed by atoms with E-state index in [2.05, 4.69) is 21.3 Å². The molecule has 5 N–H and O–H groups in total. The predicted molar refractivity (Wildman–Crippen MR) is 207 cm³/mol. The molecule has 0 aliphatic heterocycles. The minimum absolute atomic E-state index is 0. The van der Waals surface area contributed by atoms with Crippen LogP contribution < -0.4 is 21.3 Å². The highest BCUT2D eigenvalue weighted by Gasteiger charge is 2.62. The molecule has 0 aromatic heterocycles. The molecule has 5 atom stereocenters. The monoisotopic (exact) mass is 771 g/mol. The maximum Gasteiger partial charge on any atom is 0.311 e. The van der Waals surface area contributed by atoms with Gasteiger partial charge in [-0.2, -0.15) is 11.8 Å². The summed E-state index contributed by atoms with van der Waals surface area (Å²) in [6.45, 7) is -0.358. The number of phenols is 1. The van der Waals surface area contributed by atoms with Gasteiger partial charge in [0.1, 0.15) is 17.8 Å². The zero-order chi connectivity index (χ0) is 37.5. The Hall–Kier alpha value is -3.81. The molecule has 4 fully saturated rings. The third kappa shape index (κ3) is 10.2. The largest absolute Gasteiger partial charge is 0.508 e. The van der Waals surface area contributed by atoms with Crippen LogP contribution in [0.1, 0.15) is 56.1 Å². The maximum atomic E-state index is 14.3. The summed E-state index contributed by atoms with van der Waals surface area (Å²) in [6.07, 6.45) is 7.63. The van der Waals surface area contributed by atoms with E-state index in [0.29, 0.717) is 36.9 Å². The van der Waals surface area contributed by atoms with E-state index in [0.717, 1.165) is 43.2 Å². The average Bonchev–Trinajstić information content (AvgIpc) is 3.12. The summed E-state index contributed by atoms with van der Waals surface area (Å²) in [5.41, 5.74) is 0.590. The number of nitrogens with zero attached hydrogens (tertiary/aromatic N) is 1. The van der Waals surface area contributed by atoms with E-state index in [1.807, 2.05) is 36.6 Å². The summed E-state index contributed by atoms with van der Waals surface area (Å²) in [5.74, 6) is -0.387. The second kappa shape index (κ2) is 18.5. The Balaban J connectivity index is 0.00000627. The lowest BCUT2D eigenvalue weighted by atomic mass is 9.47. The van der Waals surface area contributed by atoms with Crippen molar-refractivity contribution in [2.75, 3.05) is 39.8 Å². The van der Waals surface area contributed by atoms with E-state index in [-0.39, 0.29) is 48.9 Å². The number of methoxy groups -OCH3 is 1. The highest BCUT2D eigenvalue weighted by atomic mass is 35.5. The lowest BCUT2D eigenvalue weighted by Crippen LogP contribution is -2.67. The number of hydrogen-bond donors (Lipinski definition) is 5. The number of phenolic OH excluding ortho intramolecular Hbond substituents is 1. The molecule has 0 heterocycles. The molecule has 53 heavy (non-hydrogen) atoms. The molecule has 2 aromatic carbocycles. The fourth-order valence-electron chi connectivity index (χ4n) is 9.01.